The molecule has 0 fully saturated rings. The first-order chi connectivity index (χ1) is 26.5. The van der Waals surface area contributed by atoms with Crippen LogP contribution >= 0.6 is 0 Å². The molecule has 0 aromatic carbocycles. The zero-order valence-corrected chi connectivity index (χ0v) is 35.9. The first-order valence-electron chi connectivity index (χ1n) is 23.2. The average Bonchev–Trinajstić information content (AvgIpc) is 3.16. The number of hydrogen-bond donors (Lipinski definition) is 3. The van der Waals surface area contributed by atoms with E-state index in [1.54, 1.807) is 0 Å². The van der Waals surface area contributed by atoms with Crippen molar-refractivity contribution in [3.63, 3.8) is 0 Å². The number of rotatable bonds is 41. The molecule has 0 aliphatic heterocycles. The first kappa shape index (κ1) is 52.1. The summed E-state index contributed by atoms with van der Waals surface area (Å²) in [5.41, 5.74) is 0. The Kier molecular flexibility index (Phi) is 40.7. The maximum Gasteiger partial charge on any atom is 0.306 e. The SMILES string of the molecule is CCCCC/C=C\CCCCCC(CC(=O)NC(CO)C(O)CCCCCCCCCCCC)OC(=O)CCCCCCCC/C=C/C=C/CCCCC. The Morgan fingerprint density at radius 3 is 1.48 bits per heavy atom. The standard InChI is InChI=1S/C48H89NO5/c1-4-7-10-13-16-19-22-23-24-25-26-29-32-35-38-41-48(53)54-44(39-36-33-30-27-20-17-14-11-8-5-2)42-47(52)49-45(43-50)46(51)40-37-34-31-28-21-18-15-12-9-6-3/h16-17,19-20,22-23,44-46,50-51H,4-15,18,21,24-43H2,1-3H3,(H,49,52)/b19-16+,20-17-,23-22+. The van der Waals surface area contributed by atoms with E-state index < -0.39 is 18.2 Å². The Balaban J connectivity index is 4.58. The van der Waals surface area contributed by atoms with Crippen molar-refractivity contribution in [1.82, 2.24) is 5.32 Å². The fraction of sp³-hybridized carbons (Fsp3) is 0.833. The maximum absolute atomic E-state index is 13.1. The summed E-state index contributed by atoms with van der Waals surface area (Å²) in [5, 5.41) is 23.6. The largest absolute Gasteiger partial charge is 0.462 e. The minimum atomic E-state index is -0.789. The molecule has 3 N–H and O–H groups in total. The van der Waals surface area contributed by atoms with Gasteiger partial charge in [-0.3, -0.25) is 9.59 Å². The van der Waals surface area contributed by atoms with E-state index in [2.05, 4.69) is 62.5 Å². The summed E-state index contributed by atoms with van der Waals surface area (Å²) in [4.78, 5) is 26.0. The lowest BCUT2D eigenvalue weighted by molar-refractivity contribution is -0.151. The number of carbonyl (C=O) groups is 2. The number of unbranched alkanes of at least 4 members (excludes halogenated alkanes) is 24. The van der Waals surface area contributed by atoms with E-state index in [-0.39, 0.29) is 24.9 Å². The molecule has 0 saturated heterocycles. The number of hydrogen-bond acceptors (Lipinski definition) is 5. The van der Waals surface area contributed by atoms with Crippen LogP contribution < -0.4 is 5.32 Å². The van der Waals surface area contributed by atoms with Gasteiger partial charge in [0, 0.05) is 6.42 Å². The molecule has 54 heavy (non-hydrogen) atoms. The highest BCUT2D eigenvalue weighted by Gasteiger charge is 2.24. The Hall–Kier alpha value is -1.92. The monoisotopic (exact) mass is 760 g/mol. The number of carbonyl (C=O) groups excluding carboxylic acids is 2. The molecule has 6 heteroatoms. The molecular weight excluding hydrogens is 671 g/mol. The van der Waals surface area contributed by atoms with E-state index in [0.29, 0.717) is 19.3 Å². The lowest BCUT2D eigenvalue weighted by atomic mass is 10.0. The second kappa shape index (κ2) is 42.2. The normalized spacial score (nSPS) is 13.6. The number of allylic oxidation sites excluding steroid dienone is 6. The van der Waals surface area contributed by atoms with Crippen LogP contribution in [0.5, 0.6) is 0 Å². The van der Waals surface area contributed by atoms with Crippen molar-refractivity contribution in [2.24, 2.45) is 0 Å². The third-order valence-corrected chi connectivity index (χ3v) is 10.5. The van der Waals surface area contributed by atoms with Gasteiger partial charge in [-0.1, -0.05) is 179 Å². The molecule has 6 nitrogen and oxygen atoms in total. The Morgan fingerprint density at radius 2 is 0.944 bits per heavy atom. The van der Waals surface area contributed by atoms with E-state index in [1.807, 2.05) is 0 Å². The molecule has 0 radical (unpaired) electrons. The predicted octanol–water partition coefficient (Wildman–Crippen LogP) is 13.3. The molecule has 0 aromatic heterocycles. The topological polar surface area (TPSA) is 95.9 Å². The van der Waals surface area contributed by atoms with Gasteiger partial charge in [-0.2, -0.15) is 0 Å². The Bertz CT molecular complexity index is 900. The summed E-state index contributed by atoms with van der Waals surface area (Å²) in [6.07, 6.45) is 47.7. The lowest BCUT2D eigenvalue weighted by Gasteiger charge is -2.24. The second-order valence-corrected chi connectivity index (χ2v) is 15.8. The van der Waals surface area contributed by atoms with E-state index in [4.69, 9.17) is 4.74 Å². The zero-order valence-electron chi connectivity index (χ0n) is 35.9. The number of nitrogens with one attached hydrogen (secondary N) is 1. The molecular formula is C48H89NO5. The molecule has 0 spiro atoms. The summed E-state index contributed by atoms with van der Waals surface area (Å²) in [6, 6.07) is -0.704. The van der Waals surface area contributed by atoms with Gasteiger partial charge in [0.15, 0.2) is 0 Å². The fourth-order valence-electron chi connectivity index (χ4n) is 6.88. The molecule has 1 amide bonds. The van der Waals surface area contributed by atoms with Crippen LogP contribution in [0, 0.1) is 0 Å². The molecule has 0 heterocycles. The van der Waals surface area contributed by atoms with Gasteiger partial charge in [-0.05, 0) is 77.0 Å². The van der Waals surface area contributed by atoms with Crippen LogP contribution in [0.1, 0.15) is 233 Å². The van der Waals surface area contributed by atoms with Gasteiger partial charge in [-0.15, -0.1) is 0 Å². The van der Waals surface area contributed by atoms with Crippen LogP contribution in [-0.4, -0.2) is 46.9 Å². The Labute approximate surface area is 334 Å². The summed E-state index contributed by atoms with van der Waals surface area (Å²) in [6.45, 7) is 6.40. The van der Waals surface area contributed by atoms with Crippen molar-refractivity contribution >= 4 is 11.9 Å². The minimum absolute atomic E-state index is 0.0631. The van der Waals surface area contributed by atoms with Gasteiger partial charge in [0.1, 0.15) is 6.10 Å². The van der Waals surface area contributed by atoms with Gasteiger partial charge in [0.25, 0.3) is 0 Å². The molecule has 0 rings (SSSR count). The van der Waals surface area contributed by atoms with Crippen LogP contribution in [0.25, 0.3) is 0 Å². The van der Waals surface area contributed by atoms with Crippen LogP contribution in [0.15, 0.2) is 36.5 Å². The van der Waals surface area contributed by atoms with Crippen molar-refractivity contribution in [1.29, 1.82) is 0 Å². The van der Waals surface area contributed by atoms with Gasteiger partial charge in [0.05, 0.1) is 25.2 Å². The molecule has 0 aromatic rings. The van der Waals surface area contributed by atoms with E-state index in [0.717, 1.165) is 77.0 Å². The van der Waals surface area contributed by atoms with Crippen molar-refractivity contribution in [2.45, 2.75) is 251 Å². The van der Waals surface area contributed by atoms with Crippen LogP contribution in [0.3, 0.4) is 0 Å². The van der Waals surface area contributed by atoms with Crippen LogP contribution in [0.2, 0.25) is 0 Å². The highest BCUT2D eigenvalue weighted by atomic mass is 16.5. The summed E-state index contributed by atoms with van der Waals surface area (Å²) in [7, 11) is 0. The smallest absolute Gasteiger partial charge is 0.306 e. The number of aliphatic hydroxyl groups excluding tert-OH is 2. The third-order valence-electron chi connectivity index (χ3n) is 10.5. The van der Waals surface area contributed by atoms with E-state index >= 15 is 0 Å². The molecule has 3 atom stereocenters. The number of aliphatic hydroxyl groups is 2. The average molecular weight is 760 g/mol. The molecule has 0 bridgehead atoms. The van der Waals surface area contributed by atoms with Crippen LogP contribution in [-0.2, 0) is 14.3 Å². The minimum Gasteiger partial charge on any atom is -0.462 e. The fourth-order valence-corrected chi connectivity index (χ4v) is 6.88. The zero-order chi connectivity index (χ0) is 39.6. The highest BCUT2D eigenvalue weighted by molar-refractivity contribution is 5.77. The molecule has 0 saturated carbocycles. The summed E-state index contributed by atoms with van der Waals surface area (Å²) in [5.74, 6) is -0.503. The number of amides is 1. The highest BCUT2D eigenvalue weighted by Crippen LogP contribution is 2.17. The molecule has 0 aliphatic carbocycles. The van der Waals surface area contributed by atoms with Gasteiger partial charge in [0.2, 0.25) is 5.91 Å². The van der Waals surface area contributed by atoms with Crippen molar-refractivity contribution < 1.29 is 24.5 Å². The van der Waals surface area contributed by atoms with Gasteiger partial charge < -0.3 is 20.3 Å². The lowest BCUT2D eigenvalue weighted by Crippen LogP contribution is -2.46. The molecule has 0 aliphatic rings. The van der Waals surface area contributed by atoms with Crippen molar-refractivity contribution in [3.05, 3.63) is 36.5 Å². The maximum atomic E-state index is 13.1. The van der Waals surface area contributed by atoms with Crippen LogP contribution in [0.4, 0.5) is 0 Å². The van der Waals surface area contributed by atoms with Gasteiger partial charge >= 0.3 is 5.97 Å². The van der Waals surface area contributed by atoms with E-state index in [1.165, 1.54) is 109 Å². The predicted molar refractivity (Wildman–Crippen MR) is 232 cm³/mol. The molecule has 316 valence electrons. The second-order valence-electron chi connectivity index (χ2n) is 15.8. The first-order valence-corrected chi connectivity index (χ1v) is 23.2. The van der Waals surface area contributed by atoms with Crippen molar-refractivity contribution in [2.75, 3.05) is 6.61 Å². The number of ether oxygens (including phenoxy) is 1. The van der Waals surface area contributed by atoms with Gasteiger partial charge in [-0.25, -0.2) is 0 Å². The third kappa shape index (κ3) is 37.0. The van der Waals surface area contributed by atoms with Crippen molar-refractivity contribution in [3.8, 4) is 0 Å². The number of esters is 1. The van der Waals surface area contributed by atoms with E-state index in [9.17, 15) is 19.8 Å². The summed E-state index contributed by atoms with van der Waals surface area (Å²) < 4.78 is 5.89. The Morgan fingerprint density at radius 1 is 0.537 bits per heavy atom. The quantitative estimate of drug-likeness (QED) is 0.0250. The molecule has 3 unspecified atom stereocenters. The summed E-state index contributed by atoms with van der Waals surface area (Å²) >= 11 is 0.